The summed E-state index contributed by atoms with van der Waals surface area (Å²) in [5.41, 5.74) is 4.79. The lowest BCUT2D eigenvalue weighted by molar-refractivity contribution is -0.116. The predicted molar refractivity (Wildman–Crippen MR) is 109 cm³/mol. The fourth-order valence-electron chi connectivity index (χ4n) is 3.44. The lowest BCUT2D eigenvalue weighted by Crippen LogP contribution is -2.22. The molecular formula is C22H27N3O2. The Morgan fingerprint density at radius 1 is 1.04 bits per heavy atom. The van der Waals surface area contributed by atoms with Gasteiger partial charge in [0.15, 0.2) is 0 Å². The molecule has 3 aromatic rings. The van der Waals surface area contributed by atoms with Gasteiger partial charge >= 0.3 is 0 Å². The number of nitrogens with one attached hydrogen (secondary N) is 1. The molecule has 5 nitrogen and oxygen atoms in total. The first-order valence-corrected chi connectivity index (χ1v) is 9.40. The van der Waals surface area contributed by atoms with Gasteiger partial charge in [0.2, 0.25) is 5.91 Å². The van der Waals surface area contributed by atoms with Crippen LogP contribution in [0.3, 0.4) is 0 Å². The number of hydrogen-bond donors (Lipinski definition) is 2. The normalized spacial score (nSPS) is 11.5. The number of amides is 1. The third-order valence-corrected chi connectivity index (χ3v) is 4.81. The van der Waals surface area contributed by atoms with E-state index >= 15 is 0 Å². The van der Waals surface area contributed by atoms with Gasteiger partial charge in [-0.25, -0.2) is 4.98 Å². The zero-order chi connectivity index (χ0) is 19.6. The van der Waals surface area contributed by atoms with Crippen molar-refractivity contribution in [2.75, 3.05) is 5.32 Å². The summed E-state index contributed by atoms with van der Waals surface area (Å²) in [6, 6.07) is 13.8. The van der Waals surface area contributed by atoms with Crippen molar-refractivity contribution >= 4 is 22.6 Å². The van der Waals surface area contributed by atoms with E-state index in [0.717, 1.165) is 27.8 Å². The largest absolute Gasteiger partial charge is 0.388 e. The predicted octanol–water partition coefficient (Wildman–Crippen LogP) is 4.41. The summed E-state index contributed by atoms with van der Waals surface area (Å²) < 4.78 is 1.78. The van der Waals surface area contributed by atoms with Crippen LogP contribution in [0.25, 0.3) is 11.0 Å². The van der Waals surface area contributed by atoms with Crippen molar-refractivity contribution < 1.29 is 9.90 Å². The molecule has 3 rings (SSSR count). The first-order valence-electron chi connectivity index (χ1n) is 9.40. The molecular weight excluding hydrogens is 338 g/mol. The van der Waals surface area contributed by atoms with Gasteiger partial charge in [0.1, 0.15) is 19.0 Å². The molecule has 0 spiro atoms. The first kappa shape index (κ1) is 19.1. The SMILES string of the molecule is CC(C)c1cccc(C(C)C)c1NC(=O)Cn1c(CO)nc2ccccc21. The minimum absolute atomic E-state index is 0.111. The highest BCUT2D eigenvalue weighted by Gasteiger charge is 2.18. The van der Waals surface area contributed by atoms with Crippen molar-refractivity contribution in [3.05, 3.63) is 59.4 Å². The molecule has 0 unspecified atom stereocenters. The average molecular weight is 365 g/mol. The molecule has 0 aliphatic carbocycles. The smallest absolute Gasteiger partial charge is 0.244 e. The summed E-state index contributed by atoms with van der Waals surface area (Å²) in [6.45, 7) is 8.41. The van der Waals surface area contributed by atoms with Gasteiger partial charge in [-0.3, -0.25) is 4.79 Å². The summed E-state index contributed by atoms with van der Waals surface area (Å²) in [7, 11) is 0. The van der Waals surface area contributed by atoms with Crippen LogP contribution in [0.1, 0.15) is 56.5 Å². The van der Waals surface area contributed by atoms with Crippen LogP contribution >= 0.6 is 0 Å². The first-order chi connectivity index (χ1) is 12.9. The highest BCUT2D eigenvalue weighted by molar-refractivity contribution is 5.93. The van der Waals surface area contributed by atoms with Gasteiger partial charge < -0.3 is 15.0 Å². The van der Waals surface area contributed by atoms with Crippen LogP contribution in [0, 0.1) is 0 Å². The Kier molecular flexibility index (Phi) is 5.61. The Balaban J connectivity index is 1.94. The fraction of sp³-hybridized carbons (Fsp3) is 0.364. The van der Waals surface area contributed by atoms with Crippen molar-refractivity contribution in [1.29, 1.82) is 0 Å². The third-order valence-electron chi connectivity index (χ3n) is 4.81. The number of rotatable bonds is 6. The molecule has 0 bridgehead atoms. The van der Waals surface area contributed by atoms with Crippen LogP contribution in [0.15, 0.2) is 42.5 Å². The Morgan fingerprint density at radius 3 is 2.26 bits per heavy atom. The topological polar surface area (TPSA) is 67.2 Å². The van der Waals surface area contributed by atoms with Crippen molar-refractivity contribution in [3.63, 3.8) is 0 Å². The molecule has 0 aliphatic rings. The lowest BCUT2D eigenvalue weighted by Gasteiger charge is -2.20. The van der Waals surface area contributed by atoms with Crippen LogP contribution in [0.5, 0.6) is 0 Å². The van der Waals surface area contributed by atoms with E-state index in [1.54, 1.807) is 4.57 Å². The number of carbonyl (C=O) groups is 1. The summed E-state index contributed by atoms with van der Waals surface area (Å²) in [4.78, 5) is 17.3. The molecule has 0 aliphatic heterocycles. The number of nitrogens with zero attached hydrogens (tertiary/aromatic N) is 2. The molecule has 0 radical (unpaired) electrons. The molecule has 2 aromatic carbocycles. The second kappa shape index (κ2) is 7.92. The number of anilines is 1. The number of aliphatic hydroxyl groups is 1. The number of imidazole rings is 1. The Labute approximate surface area is 160 Å². The van der Waals surface area contributed by atoms with Crippen molar-refractivity contribution in [2.24, 2.45) is 0 Å². The van der Waals surface area contributed by atoms with E-state index in [0.29, 0.717) is 17.7 Å². The number of hydrogen-bond acceptors (Lipinski definition) is 3. The van der Waals surface area contributed by atoms with Gasteiger partial charge in [-0.1, -0.05) is 58.0 Å². The highest BCUT2D eigenvalue weighted by atomic mass is 16.3. The van der Waals surface area contributed by atoms with Crippen LogP contribution in [0.2, 0.25) is 0 Å². The minimum atomic E-state index is -0.207. The maximum atomic E-state index is 12.9. The average Bonchev–Trinajstić information content (AvgIpc) is 2.99. The summed E-state index contributed by atoms with van der Waals surface area (Å²) in [5, 5.41) is 12.8. The molecule has 1 heterocycles. The van der Waals surface area contributed by atoms with E-state index in [4.69, 9.17) is 0 Å². The number of benzene rings is 2. The van der Waals surface area contributed by atoms with E-state index in [2.05, 4.69) is 50.1 Å². The van der Waals surface area contributed by atoms with E-state index < -0.39 is 0 Å². The minimum Gasteiger partial charge on any atom is -0.388 e. The molecule has 0 saturated heterocycles. The zero-order valence-corrected chi connectivity index (χ0v) is 16.4. The zero-order valence-electron chi connectivity index (χ0n) is 16.4. The molecule has 0 saturated carbocycles. The standard InChI is InChI=1S/C22H27N3O2/c1-14(2)16-8-7-9-17(15(3)4)22(16)24-21(27)12-25-19-11-6-5-10-18(19)23-20(25)13-26/h5-11,14-15,26H,12-13H2,1-4H3,(H,24,27). The van der Waals surface area contributed by atoms with Gasteiger partial charge in [0, 0.05) is 5.69 Å². The molecule has 27 heavy (non-hydrogen) atoms. The van der Waals surface area contributed by atoms with Gasteiger partial charge in [-0.05, 0) is 35.1 Å². The molecule has 142 valence electrons. The molecule has 2 N–H and O–H groups in total. The molecule has 0 atom stereocenters. The van der Waals surface area contributed by atoms with Gasteiger partial charge in [0.05, 0.1) is 11.0 Å². The number of para-hydroxylation sites is 3. The van der Waals surface area contributed by atoms with E-state index in [9.17, 15) is 9.90 Å². The Bertz CT molecular complexity index is 931. The highest BCUT2D eigenvalue weighted by Crippen LogP contribution is 2.32. The number of aromatic nitrogens is 2. The third kappa shape index (κ3) is 3.88. The maximum absolute atomic E-state index is 12.9. The second-order valence-corrected chi connectivity index (χ2v) is 7.43. The van der Waals surface area contributed by atoms with Crippen LogP contribution in [-0.2, 0) is 17.9 Å². The van der Waals surface area contributed by atoms with Crippen LogP contribution < -0.4 is 5.32 Å². The van der Waals surface area contributed by atoms with E-state index in [1.807, 2.05) is 30.3 Å². The summed E-state index contributed by atoms with van der Waals surface area (Å²) in [5.74, 6) is 0.984. The number of fused-ring (bicyclic) bond motifs is 1. The lowest BCUT2D eigenvalue weighted by atomic mass is 9.92. The summed E-state index contributed by atoms with van der Waals surface area (Å²) in [6.07, 6.45) is 0. The Morgan fingerprint density at radius 2 is 1.67 bits per heavy atom. The second-order valence-electron chi connectivity index (χ2n) is 7.43. The monoisotopic (exact) mass is 365 g/mol. The van der Waals surface area contributed by atoms with Crippen molar-refractivity contribution in [1.82, 2.24) is 9.55 Å². The van der Waals surface area contributed by atoms with E-state index in [1.165, 1.54) is 0 Å². The van der Waals surface area contributed by atoms with Crippen molar-refractivity contribution in [2.45, 2.75) is 52.7 Å². The fourth-order valence-corrected chi connectivity index (χ4v) is 3.44. The number of aliphatic hydroxyl groups excluding tert-OH is 1. The molecule has 0 fully saturated rings. The van der Waals surface area contributed by atoms with Crippen molar-refractivity contribution in [3.8, 4) is 0 Å². The number of carbonyl (C=O) groups excluding carboxylic acids is 1. The van der Waals surface area contributed by atoms with Gasteiger partial charge in [-0.2, -0.15) is 0 Å². The van der Waals surface area contributed by atoms with E-state index in [-0.39, 0.29) is 19.1 Å². The quantitative estimate of drug-likeness (QED) is 0.680. The maximum Gasteiger partial charge on any atom is 0.244 e. The van der Waals surface area contributed by atoms with Gasteiger partial charge in [-0.15, -0.1) is 0 Å². The molecule has 1 aromatic heterocycles. The molecule has 1 amide bonds. The Hall–Kier alpha value is -2.66. The molecule has 5 heteroatoms. The van der Waals surface area contributed by atoms with Crippen LogP contribution in [-0.4, -0.2) is 20.6 Å². The van der Waals surface area contributed by atoms with Gasteiger partial charge in [0.25, 0.3) is 0 Å². The van der Waals surface area contributed by atoms with Crippen LogP contribution in [0.4, 0.5) is 5.69 Å². The summed E-state index contributed by atoms with van der Waals surface area (Å²) >= 11 is 0.